The van der Waals surface area contributed by atoms with Gasteiger partial charge in [0.2, 0.25) is 5.82 Å². The summed E-state index contributed by atoms with van der Waals surface area (Å²) in [5, 5.41) is 21.1. The van der Waals surface area contributed by atoms with Crippen LogP contribution in [0.1, 0.15) is 30.0 Å². The summed E-state index contributed by atoms with van der Waals surface area (Å²) in [7, 11) is 1.71. The van der Waals surface area contributed by atoms with E-state index in [1.807, 2.05) is 25.1 Å². The van der Waals surface area contributed by atoms with Gasteiger partial charge in [-0.15, -0.1) is 10.2 Å². The molecular formula is C12H16N4O2. The van der Waals surface area contributed by atoms with Crippen molar-refractivity contribution in [2.45, 2.75) is 26.6 Å². The van der Waals surface area contributed by atoms with E-state index in [0.717, 1.165) is 16.9 Å². The molecule has 1 heterocycles. The molecule has 0 aliphatic rings. The fraction of sp³-hybridized carbons (Fsp3) is 0.417. The van der Waals surface area contributed by atoms with E-state index in [1.165, 1.54) is 4.80 Å². The van der Waals surface area contributed by atoms with Crippen LogP contribution in [0.25, 0.3) is 0 Å². The Morgan fingerprint density at radius 2 is 2.22 bits per heavy atom. The van der Waals surface area contributed by atoms with Crippen LogP contribution in [0.15, 0.2) is 18.2 Å². The molecule has 0 amide bonds. The Hall–Kier alpha value is -1.95. The number of hydrogen-bond donors (Lipinski definition) is 1. The molecule has 1 atom stereocenters. The number of ether oxygens (including phenoxy) is 1. The lowest BCUT2D eigenvalue weighted by Gasteiger charge is -2.10. The minimum absolute atomic E-state index is 0.280. The fourth-order valence-electron chi connectivity index (χ4n) is 1.62. The zero-order valence-corrected chi connectivity index (χ0v) is 10.7. The van der Waals surface area contributed by atoms with Gasteiger partial charge in [-0.25, -0.2) is 0 Å². The van der Waals surface area contributed by atoms with Gasteiger partial charge in [0.05, 0.1) is 13.2 Å². The molecule has 2 aromatic rings. The second-order valence-electron chi connectivity index (χ2n) is 4.18. The van der Waals surface area contributed by atoms with E-state index in [0.29, 0.717) is 5.82 Å². The van der Waals surface area contributed by atoms with Crippen molar-refractivity contribution < 1.29 is 9.84 Å². The van der Waals surface area contributed by atoms with Gasteiger partial charge >= 0.3 is 0 Å². The molecule has 0 unspecified atom stereocenters. The SMILES string of the molecule is Cc1cc([C@H](C)O)ccc1OCc1nnn(C)n1. The van der Waals surface area contributed by atoms with Gasteiger partial charge in [-0.3, -0.25) is 0 Å². The lowest BCUT2D eigenvalue weighted by Crippen LogP contribution is -2.01. The van der Waals surface area contributed by atoms with Crippen molar-refractivity contribution in [3.63, 3.8) is 0 Å². The van der Waals surface area contributed by atoms with Crippen LogP contribution in [0.3, 0.4) is 0 Å². The van der Waals surface area contributed by atoms with Gasteiger partial charge in [0.25, 0.3) is 0 Å². The van der Waals surface area contributed by atoms with Crippen LogP contribution in [0.5, 0.6) is 5.75 Å². The topological polar surface area (TPSA) is 73.1 Å². The van der Waals surface area contributed by atoms with Crippen molar-refractivity contribution in [3.05, 3.63) is 35.2 Å². The Labute approximate surface area is 105 Å². The van der Waals surface area contributed by atoms with Crippen LogP contribution in [0.4, 0.5) is 0 Å². The van der Waals surface area contributed by atoms with Gasteiger partial charge in [-0.05, 0) is 42.3 Å². The van der Waals surface area contributed by atoms with Crippen molar-refractivity contribution in [3.8, 4) is 5.75 Å². The van der Waals surface area contributed by atoms with Crippen LogP contribution in [0.2, 0.25) is 0 Å². The maximum Gasteiger partial charge on any atom is 0.212 e. The predicted octanol–water partition coefficient (Wildman–Crippen LogP) is 1.15. The zero-order chi connectivity index (χ0) is 13.1. The number of hydrogen-bond acceptors (Lipinski definition) is 5. The quantitative estimate of drug-likeness (QED) is 0.878. The molecule has 1 N–H and O–H groups in total. The van der Waals surface area contributed by atoms with E-state index in [4.69, 9.17) is 4.74 Å². The third-order valence-corrected chi connectivity index (χ3v) is 2.59. The molecule has 0 saturated carbocycles. The largest absolute Gasteiger partial charge is 0.485 e. The second kappa shape index (κ2) is 5.14. The summed E-state index contributed by atoms with van der Waals surface area (Å²) >= 11 is 0. The molecule has 1 aromatic carbocycles. The van der Waals surface area contributed by atoms with Crippen LogP contribution in [-0.4, -0.2) is 25.3 Å². The van der Waals surface area contributed by atoms with Crippen LogP contribution in [0, 0.1) is 6.92 Å². The maximum atomic E-state index is 9.48. The second-order valence-corrected chi connectivity index (χ2v) is 4.18. The smallest absolute Gasteiger partial charge is 0.212 e. The van der Waals surface area contributed by atoms with E-state index in [-0.39, 0.29) is 6.61 Å². The number of rotatable bonds is 4. The van der Waals surface area contributed by atoms with Crippen molar-refractivity contribution in [2.24, 2.45) is 7.05 Å². The molecule has 0 fully saturated rings. The van der Waals surface area contributed by atoms with Crippen molar-refractivity contribution in [2.75, 3.05) is 0 Å². The Morgan fingerprint density at radius 1 is 1.44 bits per heavy atom. The van der Waals surface area contributed by atoms with E-state index in [1.54, 1.807) is 14.0 Å². The van der Waals surface area contributed by atoms with Crippen molar-refractivity contribution in [1.82, 2.24) is 20.2 Å². The zero-order valence-electron chi connectivity index (χ0n) is 10.7. The molecule has 0 radical (unpaired) electrons. The van der Waals surface area contributed by atoms with E-state index < -0.39 is 6.10 Å². The van der Waals surface area contributed by atoms with E-state index >= 15 is 0 Å². The lowest BCUT2D eigenvalue weighted by molar-refractivity contribution is 0.199. The molecule has 0 spiro atoms. The predicted molar refractivity (Wildman–Crippen MR) is 64.9 cm³/mol. The van der Waals surface area contributed by atoms with Gasteiger partial charge in [0.1, 0.15) is 5.75 Å². The normalized spacial score (nSPS) is 12.4. The summed E-state index contributed by atoms with van der Waals surface area (Å²) in [6.45, 7) is 3.95. The molecular weight excluding hydrogens is 232 g/mol. The highest BCUT2D eigenvalue weighted by molar-refractivity contribution is 5.36. The van der Waals surface area contributed by atoms with E-state index in [2.05, 4.69) is 15.4 Å². The molecule has 0 bridgehead atoms. The standard InChI is InChI=1S/C12H16N4O2/c1-8-6-10(9(2)17)4-5-11(8)18-7-12-13-15-16(3)14-12/h4-6,9,17H,7H2,1-3H3/t9-/m0/s1. The fourth-order valence-corrected chi connectivity index (χ4v) is 1.62. The first kappa shape index (κ1) is 12.5. The van der Waals surface area contributed by atoms with Gasteiger partial charge in [0, 0.05) is 0 Å². The summed E-state index contributed by atoms with van der Waals surface area (Å²) in [6.07, 6.45) is -0.473. The monoisotopic (exact) mass is 248 g/mol. The molecule has 0 aliphatic carbocycles. The number of aliphatic hydroxyl groups is 1. The number of benzene rings is 1. The highest BCUT2D eigenvalue weighted by Gasteiger charge is 2.07. The molecule has 1 aromatic heterocycles. The van der Waals surface area contributed by atoms with Crippen LogP contribution >= 0.6 is 0 Å². The van der Waals surface area contributed by atoms with Gasteiger partial charge < -0.3 is 9.84 Å². The Balaban J connectivity index is 2.05. The van der Waals surface area contributed by atoms with Gasteiger partial charge in [0.15, 0.2) is 6.61 Å². The van der Waals surface area contributed by atoms with Gasteiger partial charge in [-0.1, -0.05) is 6.07 Å². The van der Waals surface area contributed by atoms with Crippen LogP contribution < -0.4 is 4.74 Å². The number of tetrazole rings is 1. The van der Waals surface area contributed by atoms with Crippen molar-refractivity contribution >= 4 is 0 Å². The molecule has 96 valence electrons. The molecule has 0 saturated heterocycles. The molecule has 6 nitrogen and oxygen atoms in total. The summed E-state index contributed by atoms with van der Waals surface area (Å²) in [5.74, 6) is 1.29. The highest BCUT2D eigenvalue weighted by atomic mass is 16.5. The summed E-state index contributed by atoms with van der Waals surface area (Å²) in [5.41, 5.74) is 1.84. The number of aryl methyl sites for hydroxylation is 2. The average molecular weight is 248 g/mol. The minimum Gasteiger partial charge on any atom is -0.485 e. The Morgan fingerprint density at radius 3 is 2.78 bits per heavy atom. The molecule has 6 heteroatoms. The van der Waals surface area contributed by atoms with Gasteiger partial charge in [-0.2, -0.15) is 4.80 Å². The summed E-state index contributed by atoms with van der Waals surface area (Å²) in [4.78, 5) is 1.39. The maximum absolute atomic E-state index is 9.48. The Kier molecular flexibility index (Phi) is 3.57. The number of aromatic nitrogens is 4. The minimum atomic E-state index is -0.473. The molecule has 0 aliphatic heterocycles. The molecule has 18 heavy (non-hydrogen) atoms. The Bertz CT molecular complexity index is 537. The number of nitrogens with zero attached hydrogens (tertiary/aromatic N) is 4. The molecule has 2 rings (SSSR count). The first-order chi connectivity index (χ1) is 8.56. The third kappa shape index (κ3) is 2.84. The first-order valence-electron chi connectivity index (χ1n) is 5.70. The van der Waals surface area contributed by atoms with Crippen LogP contribution in [-0.2, 0) is 13.7 Å². The van der Waals surface area contributed by atoms with E-state index in [9.17, 15) is 5.11 Å². The van der Waals surface area contributed by atoms with Crippen molar-refractivity contribution in [1.29, 1.82) is 0 Å². The lowest BCUT2D eigenvalue weighted by atomic mass is 10.1. The first-order valence-corrected chi connectivity index (χ1v) is 5.70. The summed E-state index contributed by atoms with van der Waals surface area (Å²) < 4.78 is 5.61. The average Bonchev–Trinajstić information content (AvgIpc) is 2.73. The highest BCUT2D eigenvalue weighted by Crippen LogP contribution is 2.23. The number of aliphatic hydroxyl groups excluding tert-OH is 1. The third-order valence-electron chi connectivity index (χ3n) is 2.59. The summed E-state index contributed by atoms with van der Waals surface area (Å²) in [6, 6.07) is 5.59.